The maximum Gasteiger partial charge on any atom is 0.331 e. The van der Waals surface area contributed by atoms with Crippen LogP contribution in [0.5, 0.6) is 0 Å². The topological polar surface area (TPSA) is 37.3 Å². The van der Waals surface area contributed by atoms with Crippen LogP contribution in [0.4, 0.5) is 4.39 Å². The fraction of sp³-hybridized carbons (Fsp3) is 0.100. The van der Waals surface area contributed by atoms with Gasteiger partial charge in [-0.05, 0) is 30.7 Å². The number of rotatable bonds is 2. The molecule has 2 nitrogen and oxygen atoms in total. The van der Waals surface area contributed by atoms with Crippen LogP contribution in [-0.2, 0) is 4.79 Å². The molecule has 0 amide bonds. The molecule has 0 spiro atoms. The Kier molecular flexibility index (Phi) is 3.25. The molecule has 1 rings (SSSR count). The van der Waals surface area contributed by atoms with Gasteiger partial charge in [-0.2, -0.15) is 0 Å². The van der Waals surface area contributed by atoms with Crippen LogP contribution in [0.3, 0.4) is 0 Å². The first-order chi connectivity index (χ1) is 6.50. The monoisotopic (exact) mass is 214 g/mol. The van der Waals surface area contributed by atoms with Gasteiger partial charge in [0.25, 0.3) is 0 Å². The van der Waals surface area contributed by atoms with E-state index in [2.05, 4.69) is 0 Å². The predicted molar refractivity (Wildman–Crippen MR) is 52.7 cm³/mol. The van der Waals surface area contributed by atoms with E-state index in [0.717, 1.165) is 0 Å². The van der Waals surface area contributed by atoms with Crippen LogP contribution in [0.2, 0.25) is 5.02 Å². The maximum absolute atomic E-state index is 12.9. The fourth-order valence-electron chi connectivity index (χ4n) is 0.914. The van der Waals surface area contributed by atoms with Crippen molar-refractivity contribution in [1.29, 1.82) is 0 Å². The molecule has 0 aliphatic heterocycles. The number of halogens is 2. The van der Waals surface area contributed by atoms with Gasteiger partial charge in [-0.25, -0.2) is 9.18 Å². The molecule has 14 heavy (non-hydrogen) atoms. The summed E-state index contributed by atoms with van der Waals surface area (Å²) in [5, 5.41) is 8.60. The summed E-state index contributed by atoms with van der Waals surface area (Å²) in [5.41, 5.74) is 0.624. The van der Waals surface area contributed by atoms with E-state index in [1.165, 1.54) is 25.1 Å². The molecule has 1 aromatic carbocycles. The van der Waals surface area contributed by atoms with Crippen LogP contribution < -0.4 is 0 Å². The first-order valence-corrected chi connectivity index (χ1v) is 4.25. The van der Waals surface area contributed by atoms with E-state index in [4.69, 9.17) is 16.7 Å². The van der Waals surface area contributed by atoms with E-state index in [0.29, 0.717) is 5.56 Å². The van der Waals surface area contributed by atoms with Gasteiger partial charge in [-0.15, -0.1) is 0 Å². The zero-order valence-corrected chi connectivity index (χ0v) is 8.18. The lowest BCUT2D eigenvalue weighted by Crippen LogP contribution is -1.95. The van der Waals surface area contributed by atoms with Crippen LogP contribution in [-0.4, -0.2) is 11.1 Å². The second kappa shape index (κ2) is 4.24. The smallest absolute Gasteiger partial charge is 0.331 e. The minimum absolute atomic E-state index is 0.0233. The van der Waals surface area contributed by atoms with Crippen molar-refractivity contribution in [2.75, 3.05) is 0 Å². The Labute approximate surface area is 85.6 Å². The molecule has 0 saturated carbocycles. The third-order valence-corrected chi connectivity index (χ3v) is 1.97. The van der Waals surface area contributed by atoms with Crippen LogP contribution in [0.15, 0.2) is 23.8 Å². The van der Waals surface area contributed by atoms with E-state index in [1.54, 1.807) is 6.07 Å². The highest BCUT2D eigenvalue weighted by Crippen LogP contribution is 2.17. The molecule has 74 valence electrons. The van der Waals surface area contributed by atoms with Gasteiger partial charge < -0.3 is 5.11 Å². The van der Waals surface area contributed by atoms with E-state index in [-0.39, 0.29) is 10.6 Å². The summed E-state index contributed by atoms with van der Waals surface area (Å²) >= 11 is 5.47. The van der Waals surface area contributed by atoms with Crippen LogP contribution in [0.25, 0.3) is 6.08 Å². The third-order valence-electron chi connectivity index (χ3n) is 1.66. The third kappa shape index (κ3) is 2.57. The Balaban J connectivity index is 3.04. The molecular formula is C10H8ClFO2. The van der Waals surface area contributed by atoms with Gasteiger partial charge in [0.15, 0.2) is 0 Å². The standard InChI is InChI=1S/C10H8ClFO2/c1-6(10(13)14)4-7-2-3-8(11)9(12)5-7/h2-5H,1H3,(H,13,14)/b6-4+. The summed E-state index contributed by atoms with van der Waals surface area (Å²) in [7, 11) is 0. The average Bonchev–Trinajstić information content (AvgIpc) is 2.11. The minimum atomic E-state index is -1.03. The molecule has 0 aliphatic rings. The lowest BCUT2D eigenvalue weighted by Gasteiger charge is -1.97. The Bertz CT molecular complexity index is 399. The number of carboxylic acid groups (broad SMARTS) is 1. The Morgan fingerprint density at radius 1 is 1.57 bits per heavy atom. The highest BCUT2D eigenvalue weighted by Gasteiger charge is 2.02. The molecule has 0 fully saturated rings. The largest absolute Gasteiger partial charge is 0.478 e. The van der Waals surface area contributed by atoms with Crippen LogP contribution in [0.1, 0.15) is 12.5 Å². The van der Waals surface area contributed by atoms with Gasteiger partial charge in [0, 0.05) is 5.57 Å². The van der Waals surface area contributed by atoms with Gasteiger partial charge in [0.2, 0.25) is 0 Å². The highest BCUT2D eigenvalue weighted by molar-refractivity contribution is 6.30. The zero-order valence-electron chi connectivity index (χ0n) is 7.42. The first-order valence-electron chi connectivity index (χ1n) is 3.87. The Hall–Kier alpha value is -1.35. The van der Waals surface area contributed by atoms with Gasteiger partial charge in [0.1, 0.15) is 5.82 Å². The van der Waals surface area contributed by atoms with Gasteiger partial charge in [-0.3, -0.25) is 0 Å². The summed E-state index contributed by atoms with van der Waals surface area (Å²) in [6.07, 6.45) is 1.38. The lowest BCUT2D eigenvalue weighted by atomic mass is 10.1. The fourth-order valence-corrected chi connectivity index (χ4v) is 1.03. The summed E-state index contributed by atoms with van der Waals surface area (Å²) in [6, 6.07) is 4.13. The van der Waals surface area contributed by atoms with E-state index in [1.807, 2.05) is 0 Å². The van der Waals surface area contributed by atoms with Crippen molar-refractivity contribution in [1.82, 2.24) is 0 Å². The summed E-state index contributed by atoms with van der Waals surface area (Å²) < 4.78 is 12.9. The Morgan fingerprint density at radius 2 is 2.21 bits per heavy atom. The van der Waals surface area contributed by atoms with Crippen molar-refractivity contribution in [2.24, 2.45) is 0 Å². The molecule has 0 unspecified atom stereocenters. The lowest BCUT2D eigenvalue weighted by molar-refractivity contribution is -0.132. The van der Waals surface area contributed by atoms with Gasteiger partial charge in [-0.1, -0.05) is 17.7 Å². The molecule has 0 aromatic heterocycles. The molecule has 1 aromatic rings. The quantitative estimate of drug-likeness (QED) is 0.769. The van der Waals surface area contributed by atoms with E-state index < -0.39 is 11.8 Å². The second-order valence-corrected chi connectivity index (χ2v) is 3.21. The van der Waals surface area contributed by atoms with Crippen LogP contribution >= 0.6 is 11.6 Å². The summed E-state index contributed by atoms with van der Waals surface area (Å²) in [5.74, 6) is -1.58. The number of benzene rings is 1. The number of aliphatic carboxylic acids is 1. The van der Waals surface area contributed by atoms with Crippen molar-refractivity contribution in [3.05, 3.63) is 40.2 Å². The first kappa shape index (κ1) is 10.7. The number of carbonyl (C=O) groups is 1. The molecule has 0 bridgehead atoms. The van der Waals surface area contributed by atoms with Crippen molar-refractivity contribution in [2.45, 2.75) is 6.92 Å². The average molecular weight is 215 g/mol. The molecule has 0 saturated heterocycles. The maximum atomic E-state index is 12.9. The molecule has 0 aliphatic carbocycles. The van der Waals surface area contributed by atoms with Crippen LogP contribution in [0, 0.1) is 5.82 Å². The van der Waals surface area contributed by atoms with Gasteiger partial charge >= 0.3 is 5.97 Å². The normalized spacial score (nSPS) is 11.5. The number of hydrogen-bond acceptors (Lipinski definition) is 1. The number of carboxylic acids is 1. The predicted octanol–water partition coefficient (Wildman–Crippen LogP) is 2.97. The zero-order chi connectivity index (χ0) is 10.7. The van der Waals surface area contributed by atoms with Crippen molar-refractivity contribution >= 4 is 23.6 Å². The van der Waals surface area contributed by atoms with Gasteiger partial charge in [0.05, 0.1) is 5.02 Å². The molecule has 1 N–H and O–H groups in total. The van der Waals surface area contributed by atoms with Crippen molar-refractivity contribution in [3.63, 3.8) is 0 Å². The molecule has 4 heteroatoms. The molecule has 0 heterocycles. The van der Waals surface area contributed by atoms with E-state index >= 15 is 0 Å². The molecule has 0 atom stereocenters. The SMILES string of the molecule is C/C(=C\c1ccc(Cl)c(F)c1)C(=O)O. The molecule has 0 radical (unpaired) electrons. The molecular weight excluding hydrogens is 207 g/mol. The highest BCUT2D eigenvalue weighted by atomic mass is 35.5. The van der Waals surface area contributed by atoms with Crippen molar-refractivity contribution < 1.29 is 14.3 Å². The Morgan fingerprint density at radius 3 is 2.71 bits per heavy atom. The summed E-state index contributed by atoms with van der Waals surface area (Å²) in [4.78, 5) is 10.5. The summed E-state index contributed by atoms with van der Waals surface area (Å²) in [6.45, 7) is 1.44. The number of hydrogen-bond donors (Lipinski definition) is 1. The van der Waals surface area contributed by atoms with E-state index in [9.17, 15) is 9.18 Å². The van der Waals surface area contributed by atoms with Crippen molar-refractivity contribution in [3.8, 4) is 0 Å². The second-order valence-electron chi connectivity index (χ2n) is 2.81. The minimum Gasteiger partial charge on any atom is -0.478 e.